The zero-order valence-electron chi connectivity index (χ0n) is 8.64. The van der Waals surface area contributed by atoms with Crippen molar-refractivity contribution in [3.05, 3.63) is 22.7 Å². The van der Waals surface area contributed by atoms with Gasteiger partial charge in [-0.2, -0.15) is 0 Å². The van der Waals surface area contributed by atoms with Crippen molar-refractivity contribution in [2.24, 2.45) is 7.05 Å². The first kappa shape index (κ1) is 11.7. The van der Waals surface area contributed by atoms with E-state index in [1.165, 1.54) is 4.57 Å². The highest BCUT2D eigenvalue weighted by atomic mass is 16.5. The van der Waals surface area contributed by atoms with Gasteiger partial charge in [-0.25, -0.2) is 4.98 Å². The summed E-state index contributed by atoms with van der Waals surface area (Å²) < 4.78 is 6.47. The summed E-state index contributed by atoms with van der Waals surface area (Å²) in [6, 6.07) is 0. The van der Waals surface area contributed by atoms with Crippen LogP contribution >= 0.6 is 0 Å². The second-order valence-corrected chi connectivity index (χ2v) is 2.95. The van der Waals surface area contributed by atoms with Crippen LogP contribution in [-0.2, 0) is 11.8 Å². The van der Waals surface area contributed by atoms with Gasteiger partial charge < -0.3 is 19.7 Å². The summed E-state index contributed by atoms with van der Waals surface area (Å²) in [4.78, 5) is 15.4. The minimum Gasteiger partial charge on any atom is -0.394 e. The summed E-state index contributed by atoms with van der Waals surface area (Å²) in [5.74, 6) is 0.313. The summed E-state index contributed by atoms with van der Waals surface area (Å²) in [6.45, 7) is 1.24. The van der Waals surface area contributed by atoms with Crippen molar-refractivity contribution in [1.82, 2.24) is 9.55 Å². The molecule has 6 heteroatoms. The maximum absolute atomic E-state index is 11.4. The lowest BCUT2D eigenvalue weighted by Crippen LogP contribution is -2.23. The predicted octanol–water partition coefficient (Wildman–Crippen LogP) is -0.799. The third kappa shape index (κ3) is 3.69. The number of aryl methyl sites for hydroxylation is 1. The minimum absolute atomic E-state index is 0.00531. The van der Waals surface area contributed by atoms with Crippen LogP contribution in [0.1, 0.15) is 0 Å². The summed E-state index contributed by atoms with van der Waals surface area (Å²) in [6.07, 6.45) is 3.15. The topological polar surface area (TPSA) is 76.4 Å². The second kappa shape index (κ2) is 6.15. The van der Waals surface area contributed by atoms with Crippen LogP contribution in [0.2, 0.25) is 0 Å². The Bertz CT molecular complexity index is 351. The van der Waals surface area contributed by atoms with Gasteiger partial charge in [0.05, 0.1) is 19.8 Å². The zero-order chi connectivity index (χ0) is 11.1. The molecule has 0 aliphatic carbocycles. The summed E-state index contributed by atoms with van der Waals surface area (Å²) >= 11 is 0. The van der Waals surface area contributed by atoms with Crippen molar-refractivity contribution in [3.63, 3.8) is 0 Å². The lowest BCUT2D eigenvalue weighted by atomic mass is 10.5. The highest BCUT2D eigenvalue weighted by Gasteiger charge is 2.00. The Labute approximate surface area is 87.5 Å². The Morgan fingerprint density at radius 1 is 1.60 bits per heavy atom. The molecule has 0 aromatic carbocycles. The van der Waals surface area contributed by atoms with Gasteiger partial charge in [0.25, 0.3) is 5.56 Å². The molecule has 1 aromatic rings. The molecule has 84 valence electrons. The Morgan fingerprint density at radius 2 is 2.40 bits per heavy atom. The molecule has 0 saturated heterocycles. The quantitative estimate of drug-likeness (QED) is 0.605. The third-order valence-corrected chi connectivity index (χ3v) is 1.79. The molecule has 1 aromatic heterocycles. The molecule has 15 heavy (non-hydrogen) atoms. The van der Waals surface area contributed by atoms with Crippen molar-refractivity contribution in [1.29, 1.82) is 0 Å². The van der Waals surface area contributed by atoms with Gasteiger partial charge in [-0.3, -0.25) is 4.79 Å². The normalized spacial score (nSPS) is 10.3. The van der Waals surface area contributed by atoms with Gasteiger partial charge in [0.2, 0.25) is 0 Å². The number of aliphatic hydroxyl groups is 1. The maximum Gasteiger partial charge on any atom is 0.293 e. The molecule has 0 spiro atoms. The second-order valence-electron chi connectivity index (χ2n) is 2.95. The Balaban J connectivity index is 2.38. The number of nitrogens with one attached hydrogen (secondary N) is 1. The van der Waals surface area contributed by atoms with E-state index < -0.39 is 0 Å². The van der Waals surface area contributed by atoms with Gasteiger partial charge in [0, 0.05) is 26.0 Å². The van der Waals surface area contributed by atoms with Gasteiger partial charge in [-0.05, 0) is 0 Å². The Kier molecular flexibility index (Phi) is 4.79. The molecule has 0 saturated carbocycles. The first-order valence-corrected chi connectivity index (χ1v) is 4.70. The first-order valence-electron chi connectivity index (χ1n) is 4.70. The molecular formula is C9H15N3O3. The zero-order valence-corrected chi connectivity index (χ0v) is 8.64. The van der Waals surface area contributed by atoms with Crippen LogP contribution in [0.4, 0.5) is 5.82 Å². The number of ether oxygens (including phenoxy) is 1. The minimum atomic E-state index is -0.167. The molecule has 0 radical (unpaired) electrons. The van der Waals surface area contributed by atoms with E-state index in [2.05, 4.69) is 10.3 Å². The molecule has 1 rings (SSSR count). The average molecular weight is 213 g/mol. The first-order chi connectivity index (χ1) is 7.25. The van der Waals surface area contributed by atoms with Crippen LogP contribution in [0, 0.1) is 0 Å². The Hall–Kier alpha value is -1.40. The van der Waals surface area contributed by atoms with Crippen LogP contribution in [0.25, 0.3) is 0 Å². The fraction of sp³-hybridized carbons (Fsp3) is 0.556. The van der Waals surface area contributed by atoms with Crippen LogP contribution in [-0.4, -0.2) is 41.0 Å². The number of aliphatic hydroxyl groups excluding tert-OH is 1. The van der Waals surface area contributed by atoms with Crippen LogP contribution < -0.4 is 10.9 Å². The van der Waals surface area contributed by atoms with Crippen molar-refractivity contribution < 1.29 is 9.84 Å². The monoisotopic (exact) mass is 213 g/mol. The molecule has 2 N–H and O–H groups in total. The van der Waals surface area contributed by atoms with E-state index in [-0.39, 0.29) is 12.2 Å². The van der Waals surface area contributed by atoms with Crippen molar-refractivity contribution in [2.45, 2.75) is 0 Å². The lowest BCUT2D eigenvalue weighted by Gasteiger charge is -2.05. The molecule has 1 heterocycles. The standard InChI is InChI=1S/C9H15N3O3/c1-12-4-2-10-8(9(12)14)11-3-6-15-7-5-13/h2,4,13H,3,5-7H2,1H3,(H,10,11). The van der Waals surface area contributed by atoms with Crippen molar-refractivity contribution >= 4 is 5.82 Å². The molecule has 6 nitrogen and oxygen atoms in total. The van der Waals surface area contributed by atoms with E-state index in [0.29, 0.717) is 25.6 Å². The van der Waals surface area contributed by atoms with E-state index in [1.807, 2.05) is 0 Å². The summed E-state index contributed by atoms with van der Waals surface area (Å²) in [5, 5.41) is 11.3. The smallest absolute Gasteiger partial charge is 0.293 e. The fourth-order valence-corrected chi connectivity index (χ4v) is 1.03. The molecule has 0 aliphatic heterocycles. The van der Waals surface area contributed by atoms with E-state index in [1.54, 1.807) is 19.4 Å². The van der Waals surface area contributed by atoms with Crippen LogP contribution in [0.3, 0.4) is 0 Å². The number of anilines is 1. The third-order valence-electron chi connectivity index (χ3n) is 1.79. The highest BCUT2D eigenvalue weighted by molar-refractivity contribution is 5.30. The number of hydrogen-bond acceptors (Lipinski definition) is 5. The maximum atomic E-state index is 11.4. The van der Waals surface area contributed by atoms with E-state index in [4.69, 9.17) is 9.84 Å². The predicted molar refractivity (Wildman–Crippen MR) is 55.9 cm³/mol. The fourth-order valence-electron chi connectivity index (χ4n) is 1.03. The van der Waals surface area contributed by atoms with Gasteiger partial charge in [-0.1, -0.05) is 0 Å². The molecular weight excluding hydrogens is 198 g/mol. The van der Waals surface area contributed by atoms with E-state index in [9.17, 15) is 4.79 Å². The summed E-state index contributed by atoms with van der Waals surface area (Å²) in [5.41, 5.74) is -0.167. The van der Waals surface area contributed by atoms with Crippen LogP contribution in [0.5, 0.6) is 0 Å². The van der Waals surface area contributed by atoms with Gasteiger partial charge in [0.15, 0.2) is 5.82 Å². The highest BCUT2D eigenvalue weighted by Crippen LogP contribution is 1.90. The SMILES string of the molecule is Cn1ccnc(NCCOCCO)c1=O. The molecule has 0 bridgehead atoms. The lowest BCUT2D eigenvalue weighted by molar-refractivity contribution is 0.0991. The molecule has 0 unspecified atom stereocenters. The number of aromatic nitrogens is 2. The van der Waals surface area contributed by atoms with Gasteiger partial charge >= 0.3 is 0 Å². The largest absolute Gasteiger partial charge is 0.394 e. The van der Waals surface area contributed by atoms with Crippen molar-refractivity contribution in [3.8, 4) is 0 Å². The van der Waals surface area contributed by atoms with E-state index >= 15 is 0 Å². The van der Waals surface area contributed by atoms with E-state index in [0.717, 1.165) is 0 Å². The summed E-state index contributed by atoms with van der Waals surface area (Å²) in [7, 11) is 1.66. The number of hydrogen-bond donors (Lipinski definition) is 2. The van der Waals surface area contributed by atoms with Crippen molar-refractivity contribution in [2.75, 3.05) is 31.7 Å². The van der Waals surface area contributed by atoms with Crippen LogP contribution in [0.15, 0.2) is 17.2 Å². The molecule has 0 fully saturated rings. The van der Waals surface area contributed by atoms with Gasteiger partial charge in [0.1, 0.15) is 0 Å². The average Bonchev–Trinajstić information content (AvgIpc) is 2.24. The molecule has 0 atom stereocenters. The number of nitrogens with zero attached hydrogens (tertiary/aromatic N) is 2. The number of rotatable bonds is 6. The molecule has 0 amide bonds. The Morgan fingerprint density at radius 3 is 3.13 bits per heavy atom. The van der Waals surface area contributed by atoms with Gasteiger partial charge in [-0.15, -0.1) is 0 Å². The molecule has 0 aliphatic rings.